The lowest BCUT2D eigenvalue weighted by molar-refractivity contribution is -0.117. The van der Waals surface area contributed by atoms with Crippen molar-refractivity contribution >= 4 is 66.7 Å². The molecular weight excluding hydrogens is 518 g/mol. The molecule has 0 radical (unpaired) electrons. The van der Waals surface area contributed by atoms with Crippen LogP contribution in [0.1, 0.15) is 6.92 Å². The molecule has 5 rings (SSSR count). The number of thiocarbonyl (C=S) groups is 1. The van der Waals surface area contributed by atoms with Gasteiger partial charge in [-0.05, 0) is 42.5 Å². The number of aromatic nitrogens is 3. The van der Waals surface area contributed by atoms with Gasteiger partial charge in [-0.1, -0.05) is 0 Å². The number of benzene rings is 2. The summed E-state index contributed by atoms with van der Waals surface area (Å²) in [6, 6.07) is 8.91. The molecule has 0 bridgehead atoms. The molecule has 37 heavy (non-hydrogen) atoms. The number of aromatic hydroxyl groups is 2. The van der Waals surface area contributed by atoms with Crippen LogP contribution in [0.15, 0.2) is 47.6 Å². The van der Waals surface area contributed by atoms with Crippen LogP contribution in [0.2, 0.25) is 0 Å². The highest BCUT2D eigenvalue weighted by atomic mass is 32.2. The molecule has 14 heteroatoms. The molecule has 1 aliphatic rings. The third-order valence-electron chi connectivity index (χ3n) is 6.02. The first-order chi connectivity index (χ1) is 17.6. The second kappa shape index (κ2) is 9.37. The number of nitrogens with one attached hydrogen (secondary N) is 3. The molecule has 1 aliphatic heterocycles. The van der Waals surface area contributed by atoms with Gasteiger partial charge in [-0.25, -0.2) is 23.1 Å². The third-order valence-corrected chi connectivity index (χ3v) is 7.83. The molecule has 1 fully saturated rings. The minimum atomic E-state index is -3.90. The number of nitrogens with zero attached hydrogens (tertiary/aromatic N) is 4. The number of hydrogen-bond acceptors (Lipinski definition) is 9. The van der Waals surface area contributed by atoms with Crippen LogP contribution >= 0.6 is 12.2 Å². The fourth-order valence-corrected chi connectivity index (χ4v) is 5.55. The van der Waals surface area contributed by atoms with E-state index in [1.54, 1.807) is 12.1 Å². The zero-order valence-corrected chi connectivity index (χ0v) is 21.2. The predicted molar refractivity (Wildman–Crippen MR) is 142 cm³/mol. The molecule has 0 unspecified atom stereocenters. The molecule has 4 aromatic rings. The molecule has 1 saturated heterocycles. The van der Waals surface area contributed by atoms with Gasteiger partial charge in [0, 0.05) is 50.2 Å². The molecule has 0 saturated carbocycles. The van der Waals surface area contributed by atoms with Crippen molar-refractivity contribution in [2.24, 2.45) is 0 Å². The van der Waals surface area contributed by atoms with Gasteiger partial charge in [0.05, 0.1) is 15.8 Å². The first-order valence-corrected chi connectivity index (χ1v) is 13.1. The number of amides is 1. The average Bonchev–Trinajstić information content (AvgIpc) is 3.21. The average molecular weight is 542 g/mol. The summed E-state index contributed by atoms with van der Waals surface area (Å²) in [6.07, 6.45) is 1.47. The smallest absolute Gasteiger partial charge is 0.264 e. The molecular formula is C23H23N7O5S2. The Kier molecular flexibility index (Phi) is 6.21. The van der Waals surface area contributed by atoms with Gasteiger partial charge >= 0.3 is 0 Å². The van der Waals surface area contributed by atoms with Crippen LogP contribution in [0.25, 0.3) is 21.9 Å². The topological polar surface area (TPSA) is 164 Å². The van der Waals surface area contributed by atoms with E-state index in [1.807, 2.05) is 9.62 Å². The zero-order valence-electron chi connectivity index (χ0n) is 19.6. The Hall–Kier alpha value is -4.17. The standard InChI is InChI=1S/C23H23N7O5S2/c1-13(31)28-37(34,35)15-4-2-14(3-5-15)26-23(36)30-8-6-29(7-9-30)22-20-16-10-18(32)19(33)11-17(16)27-21(20)24-12-25-22/h2-5,10-12,32-33H,6-9H2,1H3,(H,26,36)(H,28,31)(H,24,25,27). The molecule has 2 aromatic carbocycles. The van der Waals surface area contributed by atoms with E-state index in [1.165, 1.54) is 30.6 Å². The van der Waals surface area contributed by atoms with Gasteiger partial charge in [0.2, 0.25) is 5.91 Å². The Labute approximate surface area is 217 Å². The number of piperazine rings is 1. The van der Waals surface area contributed by atoms with Crippen LogP contribution in [-0.4, -0.2) is 75.7 Å². The number of sulfonamides is 1. The molecule has 192 valence electrons. The second-order valence-electron chi connectivity index (χ2n) is 8.52. The van der Waals surface area contributed by atoms with Crippen LogP contribution in [0.4, 0.5) is 11.5 Å². The number of H-pyrrole nitrogens is 1. The number of carbonyl (C=O) groups excluding carboxylic acids is 1. The maximum Gasteiger partial charge on any atom is 0.264 e. The monoisotopic (exact) mass is 541 g/mol. The highest BCUT2D eigenvalue weighted by Crippen LogP contribution is 2.37. The molecule has 0 spiro atoms. The lowest BCUT2D eigenvalue weighted by Gasteiger charge is -2.37. The van der Waals surface area contributed by atoms with Crippen molar-refractivity contribution in [1.82, 2.24) is 24.6 Å². The highest BCUT2D eigenvalue weighted by Gasteiger charge is 2.24. The van der Waals surface area contributed by atoms with E-state index in [4.69, 9.17) is 12.2 Å². The summed E-state index contributed by atoms with van der Waals surface area (Å²) in [5.41, 5.74) is 1.87. The predicted octanol–water partition coefficient (Wildman–Crippen LogP) is 1.87. The van der Waals surface area contributed by atoms with Gasteiger partial charge in [-0.3, -0.25) is 4.79 Å². The Morgan fingerprint density at radius 1 is 1.05 bits per heavy atom. The first-order valence-electron chi connectivity index (χ1n) is 11.2. The Morgan fingerprint density at radius 3 is 2.41 bits per heavy atom. The number of rotatable bonds is 4. The fraction of sp³-hybridized carbons (Fsp3) is 0.217. The molecule has 5 N–H and O–H groups in total. The minimum absolute atomic E-state index is 0.0234. The van der Waals surface area contributed by atoms with Crippen molar-refractivity contribution in [3.05, 3.63) is 42.7 Å². The quantitative estimate of drug-likeness (QED) is 0.189. The molecule has 3 heterocycles. The summed E-state index contributed by atoms with van der Waals surface area (Å²) < 4.78 is 26.2. The maximum absolute atomic E-state index is 12.1. The molecule has 2 aromatic heterocycles. The van der Waals surface area contributed by atoms with E-state index >= 15 is 0 Å². The molecule has 0 atom stereocenters. The van der Waals surface area contributed by atoms with Gasteiger partial charge < -0.3 is 30.3 Å². The lowest BCUT2D eigenvalue weighted by atomic mass is 10.1. The van der Waals surface area contributed by atoms with E-state index in [-0.39, 0.29) is 16.4 Å². The number of fused-ring (bicyclic) bond motifs is 3. The summed E-state index contributed by atoms with van der Waals surface area (Å²) in [5, 5.41) is 24.9. The van der Waals surface area contributed by atoms with Crippen LogP contribution in [-0.2, 0) is 14.8 Å². The Morgan fingerprint density at radius 2 is 1.73 bits per heavy atom. The van der Waals surface area contributed by atoms with Gasteiger partial charge in [0.15, 0.2) is 16.6 Å². The van der Waals surface area contributed by atoms with Gasteiger partial charge in [0.1, 0.15) is 17.8 Å². The number of aromatic amines is 1. The Balaban J connectivity index is 1.27. The van der Waals surface area contributed by atoms with Crippen molar-refractivity contribution < 1.29 is 23.4 Å². The van der Waals surface area contributed by atoms with Gasteiger partial charge in [-0.15, -0.1) is 0 Å². The van der Waals surface area contributed by atoms with Crippen molar-refractivity contribution in [2.45, 2.75) is 11.8 Å². The van der Waals surface area contributed by atoms with Crippen LogP contribution in [0.5, 0.6) is 11.5 Å². The van der Waals surface area contributed by atoms with E-state index in [0.29, 0.717) is 53.5 Å². The number of hydrogen-bond donors (Lipinski definition) is 5. The number of carbonyl (C=O) groups is 1. The number of phenolic OH excluding ortho intramolecular Hbond substituents is 2. The van der Waals surface area contributed by atoms with Crippen molar-refractivity contribution in [3.63, 3.8) is 0 Å². The number of phenols is 2. The van der Waals surface area contributed by atoms with Crippen molar-refractivity contribution in [2.75, 3.05) is 36.4 Å². The number of anilines is 2. The van der Waals surface area contributed by atoms with Crippen molar-refractivity contribution in [1.29, 1.82) is 0 Å². The van der Waals surface area contributed by atoms with E-state index < -0.39 is 15.9 Å². The summed E-state index contributed by atoms with van der Waals surface area (Å²) in [4.78, 5) is 27.2. The summed E-state index contributed by atoms with van der Waals surface area (Å²) in [7, 11) is -3.90. The highest BCUT2D eigenvalue weighted by molar-refractivity contribution is 7.90. The maximum atomic E-state index is 12.1. The fourth-order valence-electron chi connectivity index (χ4n) is 4.26. The second-order valence-corrected chi connectivity index (χ2v) is 10.6. The molecule has 1 amide bonds. The lowest BCUT2D eigenvalue weighted by Crippen LogP contribution is -2.50. The minimum Gasteiger partial charge on any atom is -0.504 e. The summed E-state index contributed by atoms with van der Waals surface area (Å²) in [5.74, 6) is -0.374. The third kappa shape index (κ3) is 4.80. The Bertz CT molecular complexity index is 1630. The first kappa shape index (κ1) is 24.5. The van der Waals surface area contributed by atoms with E-state index in [2.05, 4.69) is 25.2 Å². The van der Waals surface area contributed by atoms with Gasteiger partial charge in [0.25, 0.3) is 10.0 Å². The summed E-state index contributed by atoms with van der Waals surface area (Å²) in [6.45, 7) is 3.61. The normalized spacial score (nSPS) is 14.2. The van der Waals surface area contributed by atoms with Gasteiger partial charge in [-0.2, -0.15) is 0 Å². The van der Waals surface area contributed by atoms with Crippen molar-refractivity contribution in [3.8, 4) is 11.5 Å². The molecule has 12 nitrogen and oxygen atoms in total. The largest absolute Gasteiger partial charge is 0.504 e. The molecule has 0 aliphatic carbocycles. The van der Waals surface area contributed by atoms with Crippen LogP contribution in [0, 0.1) is 0 Å². The van der Waals surface area contributed by atoms with Crippen LogP contribution < -0.4 is 14.9 Å². The van der Waals surface area contributed by atoms with E-state index in [9.17, 15) is 23.4 Å². The SMILES string of the molecule is CC(=O)NS(=O)(=O)c1ccc(NC(=S)N2CCN(c3ncnc4[nH]c5cc(O)c(O)cc5c34)CC2)cc1. The summed E-state index contributed by atoms with van der Waals surface area (Å²) >= 11 is 5.57. The van der Waals surface area contributed by atoms with E-state index in [0.717, 1.165) is 18.1 Å². The van der Waals surface area contributed by atoms with Crippen LogP contribution in [0.3, 0.4) is 0 Å². The zero-order chi connectivity index (χ0) is 26.3.